The minimum absolute atomic E-state index is 0.0245. The molecule has 11 N–H and O–H groups in total. The Morgan fingerprint density at radius 2 is 1.47 bits per heavy atom. The van der Waals surface area contributed by atoms with Crippen LogP contribution in [0.15, 0.2) is 30.5 Å². The Balaban J connectivity index is 2.16. The molecule has 0 bridgehead atoms. The molecule has 0 spiro atoms. The predicted octanol–water partition coefficient (Wildman–Crippen LogP) is -1.87. The number of rotatable bonds is 15. The molecule has 1 aromatic carbocycles. The first-order valence-corrected chi connectivity index (χ1v) is 11.9. The zero-order chi connectivity index (χ0) is 28.4. The molecule has 0 aliphatic heterocycles. The fourth-order valence-corrected chi connectivity index (χ4v) is 3.66. The summed E-state index contributed by atoms with van der Waals surface area (Å²) in [4.78, 5) is 74.9. The van der Waals surface area contributed by atoms with Crippen LogP contribution in [-0.4, -0.2) is 69.8 Å². The van der Waals surface area contributed by atoms with Crippen molar-refractivity contribution in [3.8, 4) is 0 Å². The summed E-state index contributed by atoms with van der Waals surface area (Å²) in [6, 6.07) is 2.48. The highest BCUT2D eigenvalue weighted by atomic mass is 16.4. The minimum Gasteiger partial charge on any atom is -0.480 e. The van der Waals surface area contributed by atoms with Gasteiger partial charge < -0.3 is 43.2 Å². The monoisotopic (exact) mass is 531 g/mol. The molecule has 14 heteroatoms. The number of amides is 5. The smallest absolute Gasteiger partial charge is 0.326 e. The van der Waals surface area contributed by atoms with E-state index in [1.807, 2.05) is 24.3 Å². The van der Waals surface area contributed by atoms with Gasteiger partial charge in [-0.2, -0.15) is 0 Å². The average Bonchev–Trinajstić information content (AvgIpc) is 3.26. The summed E-state index contributed by atoms with van der Waals surface area (Å²) in [6.45, 7) is 1.34. The number of carboxylic acid groups (broad SMARTS) is 1. The number of carboxylic acids is 1. The third-order valence-electron chi connectivity index (χ3n) is 5.82. The Morgan fingerprint density at radius 1 is 0.868 bits per heavy atom. The molecular formula is C24H33N7O7. The molecule has 38 heavy (non-hydrogen) atoms. The van der Waals surface area contributed by atoms with Gasteiger partial charge in [0.25, 0.3) is 0 Å². The van der Waals surface area contributed by atoms with Gasteiger partial charge in [0.2, 0.25) is 29.5 Å². The molecule has 1 heterocycles. The molecule has 0 aliphatic rings. The number of aromatic amines is 1. The Morgan fingerprint density at radius 3 is 2.11 bits per heavy atom. The second kappa shape index (κ2) is 13.7. The van der Waals surface area contributed by atoms with Crippen molar-refractivity contribution in [3.63, 3.8) is 0 Å². The van der Waals surface area contributed by atoms with E-state index >= 15 is 0 Å². The van der Waals surface area contributed by atoms with Crippen molar-refractivity contribution in [1.82, 2.24) is 20.9 Å². The second-order valence-electron chi connectivity index (χ2n) is 8.87. The standard InChI is InChI=1S/C24H33N7O7/c1-12(21(34)30-17(24(37)38)7-9-20(27)33)29-23(36)18(31-22(35)15(25)6-8-19(26)32)10-13-11-28-16-5-3-2-4-14(13)16/h2-5,11-12,15,17-18,28H,6-10,25H2,1H3,(H2,26,32)(H2,27,33)(H,29,36)(H,30,34)(H,31,35)(H,37,38). The summed E-state index contributed by atoms with van der Waals surface area (Å²) in [6.07, 6.45) is 1.10. The van der Waals surface area contributed by atoms with Crippen LogP contribution in [0.5, 0.6) is 0 Å². The number of fused-ring (bicyclic) bond motifs is 1. The molecule has 0 saturated heterocycles. The summed E-state index contributed by atoms with van der Waals surface area (Å²) in [5.41, 5.74) is 17.5. The van der Waals surface area contributed by atoms with Gasteiger partial charge in [0.05, 0.1) is 6.04 Å². The first-order valence-electron chi connectivity index (χ1n) is 11.9. The molecular weight excluding hydrogens is 498 g/mol. The number of para-hydroxylation sites is 1. The van der Waals surface area contributed by atoms with Crippen LogP contribution in [-0.2, 0) is 35.2 Å². The lowest BCUT2D eigenvalue weighted by Crippen LogP contribution is -2.57. The number of H-pyrrole nitrogens is 1. The first-order chi connectivity index (χ1) is 17.9. The van der Waals surface area contributed by atoms with Gasteiger partial charge >= 0.3 is 5.97 Å². The molecule has 0 aliphatic carbocycles. The van der Waals surface area contributed by atoms with Crippen molar-refractivity contribution in [3.05, 3.63) is 36.0 Å². The van der Waals surface area contributed by atoms with Crippen molar-refractivity contribution in [1.29, 1.82) is 0 Å². The lowest BCUT2D eigenvalue weighted by molar-refractivity contribution is -0.142. The fraction of sp³-hybridized carbons (Fsp3) is 0.417. The number of benzene rings is 1. The number of nitrogens with one attached hydrogen (secondary N) is 4. The largest absolute Gasteiger partial charge is 0.480 e. The molecule has 0 radical (unpaired) electrons. The first kappa shape index (κ1) is 29.8. The zero-order valence-electron chi connectivity index (χ0n) is 20.9. The third-order valence-corrected chi connectivity index (χ3v) is 5.82. The van der Waals surface area contributed by atoms with Crippen LogP contribution in [0.25, 0.3) is 10.9 Å². The second-order valence-corrected chi connectivity index (χ2v) is 8.87. The topological polar surface area (TPSA) is 253 Å². The Hall–Kier alpha value is -4.46. The van der Waals surface area contributed by atoms with E-state index in [4.69, 9.17) is 17.2 Å². The van der Waals surface area contributed by atoms with Gasteiger partial charge in [0.1, 0.15) is 18.1 Å². The maximum atomic E-state index is 13.2. The number of primary amides is 2. The molecule has 0 fully saturated rings. The van der Waals surface area contributed by atoms with Gasteiger partial charge in [-0.05, 0) is 31.4 Å². The number of aromatic nitrogens is 1. The van der Waals surface area contributed by atoms with Crippen molar-refractivity contribution in [2.75, 3.05) is 0 Å². The van der Waals surface area contributed by atoms with Crippen molar-refractivity contribution >= 4 is 46.4 Å². The van der Waals surface area contributed by atoms with Crippen molar-refractivity contribution in [2.45, 2.75) is 63.2 Å². The maximum Gasteiger partial charge on any atom is 0.326 e. The molecule has 4 unspecified atom stereocenters. The van der Waals surface area contributed by atoms with Gasteiger partial charge in [0.15, 0.2) is 0 Å². The van der Waals surface area contributed by atoms with Crippen LogP contribution < -0.4 is 33.2 Å². The average molecular weight is 532 g/mol. The summed E-state index contributed by atoms with van der Waals surface area (Å²) in [5, 5.41) is 17.4. The molecule has 2 rings (SSSR count). The number of nitrogens with two attached hydrogens (primary N) is 3. The van der Waals surface area contributed by atoms with Crippen LogP contribution in [0.2, 0.25) is 0 Å². The maximum absolute atomic E-state index is 13.2. The predicted molar refractivity (Wildman–Crippen MR) is 136 cm³/mol. The highest BCUT2D eigenvalue weighted by Gasteiger charge is 2.29. The quantitative estimate of drug-likeness (QED) is 0.129. The number of hydrogen-bond acceptors (Lipinski definition) is 7. The summed E-state index contributed by atoms with van der Waals surface area (Å²) < 4.78 is 0. The Bertz CT molecular complexity index is 1200. The van der Waals surface area contributed by atoms with E-state index in [2.05, 4.69) is 20.9 Å². The van der Waals surface area contributed by atoms with Crippen LogP contribution in [0.4, 0.5) is 0 Å². The van der Waals surface area contributed by atoms with E-state index in [1.165, 1.54) is 6.92 Å². The lowest BCUT2D eigenvalue weighted by atomic mass is 10.0. The van der Waals surface area contributed by atoms with Gasteiger partial charge in [-0.25, -0.2) is 4.79 Å². The Kier molecular flexibility index (Phi) is 10.8. The highest BCUT2D eigenvalue weighted by Crippen LogP contribution is 2.19. The van der Waals surface area contributed by atoms with Gasteiger partial charge in [0, 0.05) is 36.4 Å². The van der Waals surface area contributed by atoms with E-state index in [0.717, 1.165) is 10.9 Å². The van der Waals surface area contributed by atoms with Gasteiger partial charge in [-0.3, -0.25) is 24.0 Å². The summed E-state index contributed by atoms with van der Waals surface area (Å²) >= 11 is 0. The SMILES string of the molecule is CC(NC(=O)C(Cc1c[nH]c2ccccc12)NC(=O)C(N)CCC(N)=O)C(=O)NC(CCC(N)=O)C(=O)O. The van der Waals surface area contributed by atoms with E-state index in [-0.39, 0.29) is 32.1 Å². The van der Waals surface area contributed by atoms with Crippen molar-refractivity contribution in [2.24, 2.45) is 17.2 Å². The van der Waals surface area contributed by atoms with E-state index < -0.39 is 59.7 Å². The number of hydrogen-bond donors (Lipinski definition) is 8. The molecule has 4 atom stereocenters. The van der Waals surface area contributed by atoms with Gasteiger partial charge in [-0.1, -0.05) is 18.2 Å². The normalized spacial score (nSPS) is 14.1. The van der Waals surface area contributed by atoms with Gasteiger partial charge in [-0.15, -0.1) is 0 Å². The van der Waals surface area contributed by atoms with Crippen LogP contribution in [0.3, 0.4) is 0 Å². The summed E-state index contributed by atoms with van der Waals surface area (Å²) in [5.74, 6) is -4.95. The van der Waals surface area contributed by atoms with E-state index in [1.54, 1.807) is 6.20 Å². The molecule has 206 valence electrons. The number of carbonyl (C=O) groups excluding carboxylic acids is 5. The summed E-state index contributed by atoms with van der Waals surface area (Å²) in [7, 11) is 0. The minimum atomic E-state index is -1.39. The third kappa shape index (κ3) is 8.89. The van der Waals surface area contributed by atoms with Crippen molar-refractivity contribution < 1.29 is 33.9 Å². The molecule has 1 aromatic heterocycles. The highest BCUT2D eigenvalue weighted by molar-refractivity contribution is 5.95. The molecule has 14 nitrogen and oxygen atoms in total. The van der Waals surface area contributed by atoms with E-state index in [0.29, 0.717) is 5.56 Å². The number of carbonyl (C=O) groups is 6. The fourth-order valence-electron chi connectivity index (χ4n) is 3.66. The van der Waals surface area contributed by atoms with Crippen LogP contribution in [0, 0.1) is 0 Å². The lowest BCUT2D eigenvalue weighted by Gasteiger charge is -2.23. The van der Waals surface area contributed by atoms with Crippen LogP contribution in [0.1, 0.15) is 38.2 Å². The Labute approximate surface area is 218 Å². The number of aliphatic carboxylic acids is 1. The molecule has 5 amide bonds. The zero-order valence-corrected chi connectivity index (χ0v) is 20.9. The van der Waals surface area contributed by atoms with Crippen LogP contribution >= 0.6 is 0 Å². The molecule has 0 saturated carbocycles. The molecule has 2 aromatic rings. The van der Waals surface area contributed by atoms with E-state index in [9.17, 15) is 33.9 Å².